The van der Waals surface area contributed by atoms with Crippen LogP contribution in [0.2, 0.25) is 10.0 Å². The van der Waals surface area contributed by atoms with Gasteiger partial charge in [0.2, 0.25) is 0 Å². The first-order chi connectivity index (χ1) is 13.2. The smallest absolute Gasteiger partial charge is 0.166 e. The molecule has 3 nitrogen and oxygen atoms in total. The molecule has 0 aliphatic heterocycles. The lowest BCUT2D eigenvalue weighted by Crippen LogP contribution is -2.14. The molecular weight excluding hydrogens is 381 g/mol. The maximum atomic E-state index is 6.25. The van der Waals surface area contributed by atoms with E-state index in [9.17, 15) is 0 Å². The van der Waals surface area contributed by atoms with Gasteiger partial charge in [0.15, 0.2) is 11.5 Å². The van der Waals surface area contributed by atoms with Crippen molar-refractivity contribution in [3.05, 3.63) is 93.5 Å². The second kappa shape index (κ2) is 9.65. The van der Waals surface area contributed by atoms with Crippen molar-refractivity contribution in [1.82, 2.24) is 5.32 Å². The van der Waals surface area contributed by atoms with E-state index in [1.807, 2.05) is 42.5 Å². The van der Waals surface area contributed by atoms with Crippen LogP contribution in [0, 0.1) is 0 Å². The summed E-state index contributed by atoms with van der Waals surface area (Å²) in [5, 5.41) is 4.61. The molecule has 0 fully saturated rings. The summed E-state index contributed by atoms with van der Waals surface area (Å²) in [5.74, 6) is 1.37. The summed E-state index contributed by atoms with van der Waals surface area (Å²) >= 11 is 12.5. The number of hydrogen-bond acceptors (Lipinski definition) is 3. The van der Waals surface area contributed by atoms with Gasteiger partial charge in [0.1, 0.15) is 6.61 Å². The van der Waals surface area contributed by atoms with E-state index in [0.717, 1.165) is 17.7 Å². The Hall–Kier alpha value is -2.20. The van der Waals surface area contributed by atoms with Gasteiger partial charge in [-0.25, -0.2) is 0 Å². The average Bonchev–Trinajstić information content (AvgIpc) is 2.69. The van der Waals surface area contributed by atoms with E-state index >= 15 is 0 Å². The fourth-order valence-electron chi connectivity index (χ4n) is 2.78. The lowest BCUT2D eigenvalue weighted by Gasteiger charge is -2.16. The zero-order valence-electron chi connectivity index (χ0n) is 15.0. The summed E-state index contributed by atoms with van der Waals surface area (Å²) in [7, 11) is 1.63. The van der Waals surface area contributed by atoms with Crippen molar-refractivity contribution in [2.75, 3.05) is 7.11 Å². The summed E-state index contributed by atoms with van der Waals surface area (Å²) in [6.45, 7) is 1.69. The molecule has 0 heterocycles. The highest BCUT2D eigenvalue weighted by atomic mass is 35.5. The second-order valence-corrected chi connectivity index (χ2v) is 6.84. The van der Waals surface area contributed by atoms with E-state index in [-0.39, 0.29) is 6.61 Å². The fraction of sp³-hybridized carbons (Fsp3) is 0.182. The number of methoxy groups -OCH3 is 1. The maximum absolute atomic E-state index is 6.25. The molecule has 0 spiro atoms. The second-order valence-electron chi connectivity index (χ2n) is 6.03. The van der Waals surface area contributed by atoms with Gasteiger partial charge in [-0.1, -0.05) is 71.7 Å². The first-order valence-electron chi connectivity index (χ1n) is 8.65. The zero-order chi connectivity index (χ0) is 19.1. The number of hydrogen-bond donors (Lipinski definition) is 1. The monoisotopic (exact) mass is 401 g/mol. The third kappa shape index (κ3) is 5.16. The summed E-state index contributed by atoms with van der Waals surface area (Å²) in [5.41, 5.74) is 2.99. The van der Waals surface area contributed by atoms with E-state index < -0.39 is 0 Å². The lowest BCUT2D eigenvalue weighted by molar-refractivity contribution is 0.281. The Morgan fingerprint density at radius 2 is 1.52 bits per heavy atom. The largest absolute Gasteiger partial charge is 0.493 e. The molecule has 27 heavy (non-hydrogen) atoms. The van der Waals surface area contributed by atoms with Crippen LogP contribution in [0.4, 0.5) is 0 Å². The van der Waals surface area contributed by atoms with Crippen LogP contribution in [0.15, 0.2) is 66.7 Å². The highest BCUT2D eigenvalue weighted by Crippen LogP contribution is 2.33. The van der Waals surface area contributed by atoms with Crippen molar-refractivity contribution in [1.29, 1.82) is 0 Å². The van der Waals surface area contributed by atoms with Crippen LogP contribution in [0.25, 0.3) is 0 Å². The minimum absolute atomic E-state index is 0.268. The molecule has 140 valence electrons. The quantitative estimate of drug-likeness (QED) is 0.511. The number of rotatable bonds is 8. The minimum atomic E-state index is 0.268. The number of para-hydroxylation sites is 1. The van der Waals surface area contributed by atoms with E-state index in [1.165, 1.54) is 5.56 Å². The summed E-state index contributed by atoms with van der Waals surface area (Å²) in [4.78, 5) is 0. The highest BCUT2D eigenvalue weighted by molar-refractivity contribution is 6.35. The van der Waals surface area contributed by atoms with Crippen molar-refractivity contribution in [3.63, 3.8) is 0 Å². The van der Waals surface area contributed by atoms with Gasteiger partial charge in [0, 0.05) is 34.3 Å². The molecule has 0 amide bonds. The normalized spacial score (nSPS) is 10.6. The Labute approximate surface area is 169 Å². The van der Waals surface area contributed by atoms with Crippen LogP contribution in [0.1, 0.15) is 16.7 Å². The van der Waals surface area contributed by atoms with Crippen LogP contribution in [0.3, 0.4) is 0 Å². The molecule has 0 saturated heterocycles. The van der Waals surface area contributed by atoms with Crippen LogP contribution >= 0.6 is 23.2 Å². The SMILES string of the molecule is COc1cccc(CNCc2ccccc2)c1OCc1c(Cl)cccc1Cl. The minimum Gasteiger partial charge on any atom is -0.493 e. The number of ether oxygens (including phenoxy) is 2. The third-order valence-electron chi connectivity index (χ3n) is 4.19. The van der Waals surface area contributed by atoms with Gasteiger partial charge < -0.3 is 14.8 Å². The molecule has 0 aliphatic carbocycles. The Balaban J connectivity index is 1.73. The predicted octanol–water partition coefficient (Wildman–Crippen LogP) is 5.87. The van der Waals surface area contributed by atoms with E-state index in [4.69, 9.17) is 32.7 Å². The Bertz CT molecular complexity index is 864. The summed E-state index contributed by atoms with van der Waals surface area (Å²) in [6.07, 6.45) is 0. The van der Waals surface area contributed by atoms with E-state index in [2.05, 4.69) is 17.4 Å². The van der Waals surface area contributed by atoms with Crippen molar-refractivity contribution < 1.29 is 9.47 Å². The van der Waals surface area contributed by atoms with Crippen molar-refractivity contribution in [3.8, 4) is 11.5 Å². The molecule has 1 N–H and O–H groups in total. The fourth-order valence-corrected chi connectivity index (χ4v) is 3.28. The maximum Gasteiger partial charge on any atom is 0.166 e. The molecule has 3 aromatic carbocycles. The van der Waals surface area contributed by atoms with Gasteiger partial charge in [0.05, 0.1) is 7.11 Å². The van der Waals surface area contributed by atoms with Crippen molar-refractivity contribution >= 4 is 23.2 Å². The number of halogens is 2. The van der Waals surface area contributed by atoms with Crippen molar-refractivity contribution in [2.24, 2.45) is 0 Å². The van der Waals surface area contributed by atoms with Gasteiger partial charge in [0.25, 0.3) is 0 Å². The van der Waals surface area contributed by atoms with Crippen LogP contribution in [0.5, 0.6) is 11.5 Å². The van der Waals surface area contributed by atoms with E-state index in [0.29, 0.717) is 28.1 Å². The lowest BCUT2D eigenvalue weighted by atomic mass is 10.1. The van der Waals surface area contributed by atoms with Crippen LogP contribution in [-0.2, 0) is 19.7 Å². The Morgan fingerprint density at radius 1 is 0.815 bits per heavy atom. The van der Waals surface area contributed by atoms with Gasteiger partial charge >= 0.3 is 0 Å². The molecule has 0 bridgehead atoms. The number of benzene rings is 3. The first-order valence-corrected chi connectivity index (χ1v) is 9.41. The molecule has 0 saturated carbocycles. The molecule has 3 aromatic rings. The summed E-state index contributed by atoms with van der Waals surface area (Å²) < 4.78 is 11.6. The van der Waals surface area contributed by atoms with Crippen LogP contribution in [-0.4, -0.2) is 7.11 Å². The average molecular weight is 402 g/mol. The molecule has 0 aliphatic rings. The van der Waals surface area contributed by atoms with Crippen LogP contribution < -0.4 is 14.8 Å². The molecule has 3 rings (SSSR count). The predicted molar refractivity (Wildman–Crippen MR) is 111 cm³/mol. The Kier molecular flexibility index (Phi) is 6.99. The van der Waals surface area contributed by atoms with Gasteiger partial charge in [-0.05, 0) is 23.8 Å². The molecule has 0 atom stereocenters. The Morgan fingerprint density at radius 3 is 2.22 bits per heavy atom. The standard InChI is InChI=1S/C22H21Cl2NO2/c1-26-21-12-5-9-17(14-25-13-16-7-3-2-4-8-16)22(21)27-15-18-19(23)10-6-11-20(18)24/h2-12,25H,13-15H2,1H3. The molecule has 5 heteroatoms. The third-order valence-corrected chi connectivity index (χ3v) is 4.90. The summed E-state index contributed by atoms with van der Waals surface area (Å²) in [6, 6.07) is 21.5. The first kappa shape index (κ1) is 19.6. The molecule has 0 radical (unpaired) electrons. The molecular formula is C22H21Cl2NO2. The number of nitrogens with one attached hydrogen (secondary N) is 1. The topological polar surface area (TPSA) is 30.5 Å². The highest BCUT2D eigenvalue weighted by Gasteiger charge is 2.13. The van der Waals surface area contributed by atoms with Gasteiger partial charge in [-0.2, -0.15) is 0 Å². The zero-order valence-corrected chi connectivity index (χ0v) is 16.6. The van der Waals surface area contributed by atoms with E-state index in [1.54, 1.807) is 19.2 Å². The molecule has 0 unspecified atom stereocenters. The van der Waals surface area contributed by atoms with Crippen molar-refractivity contribution in [2.45, 2.75) is 19.7 Å². The van der Waals surface area contributed by atoms with Gasteiger partial charge in [-0.15, -0.1) is 0 Å². The molecule has 0 aromatic heterocycles. The van der Waals surface area contributed by atoms with Gasteiger partial charge in [-0.3, -0.25) is 0 Å².